The maximum absolute atomic E-state index is 13.5. The first-order valence-electron chi connectivity index (χ1n) is 11.2. The van der Waals surface area contributed by atoms with Gasteiger partial charge in [0.05, 0.1) is 6.54 Å². The van der Waals surface area contributed by atoms with Crippen LogP contribution in [0, 0.1) is 17.7 Å². The van der Waals surface area contributed by atoms with E-state index in [1.165, 1.54) is 12.1 Å². The van der Waals surface area contributed by atoms with Gasteiger partial charge in [-0.2, -0.15) is 0 Å². The minimum Gasteiger partial charge on any atom is -0.342 e. The van der Waals surface area contributed by atoms with Crippen LogP contribution in [0.1, 0.15) is 43.6 Å². The molecule has 0 aromatic heterocycles. The molecule has 1 aromatic rings. The minimum absolute atomic E-state index is 0.216. The third kappa shape index (κ3) is 3.79. The molecular weight excluding hydrogens is 369 g/mol. The van der Waals surface area contributed by atoms with Gasteiger partial charge < -0.3 is 9.80 Å². The van der Waals surface area contributed by atoms with Crippen molar-refractivity contribution in [2.24, 2.45) is 11.8 Å². The summed E-state index contributed by atoms with van der Waals surface area (Å²) in [5, 5.41) is 0. The number of carbonyl (C=O) groups is 2. The lowest BCUT2D eigenvalue weighted by Crippen LogP contribution is -2.50. The molecule has 4 fully saturated rings. The third-order valence-corrected chi connectivity index (χ3v) is 7.34. The van der Waals surface area contributed by atoms with Crippen LogP contribution in [0.25, 0.3) is 0 Å². The minimum atomic E-state index is -0.226. The second kappa shape index (κ2) is 7.71. The second-order valence-electron chi connectivity index (χ2n) is 9.27. The van der Waals surface area contributed by atoms with Crippen molar-refractivity contribution in [2.45, 2.75) is 44.1 Å². The van der Waals surface area contributed by atoms with E-state index in [0.717, 1.165) is 70.4 Å². The number of hydrogen-bond acceptors (Lipinski definition) is 3. The number of carbonyl (C=O) groups excluding carboxylic acids is 2. The number of fused-ring (bicyclic) bond motifs is 1. The van der Waals surface area contributed by atoms with Crippen LogP contribution in [0.15, 0.2) is 24.3 Å². The summed E-state index contributed by atoms with van der Waals surface area (Å²) in [7, 11) is 0. The summed E-state index contributed by atoms with van der Waals surface area (Å²) in [6.07, 6.45) is 5.19. The summed E-state index contributed by atoms with van der Waals surface area (Å²) in [6, 6.07) is 7.03. The van der Waals surface area contributed by atoms with Gasteiger partial charge in [0.1, 0.15) is 5.82 Å². The molecule has 3 saturated heterocycles. The second-order valence-corrected chi connectivity index (χ2v) is 9.27. The molecule has 0 spiro atoms. The number of benzene rings is 1. The Balaban J connectivity index is 1.33. The normalized spacial score (nSPS) is 29.9. The molecule has 2 amide bonds. The molecule has 5 nitrogen and oxygen atoms in total. The average molecular weight is 400 g/mol. The molecule has 6 heteroatoms. The van der Waals surface area contributed by atoms with Crippen molar-refractivity contribution in [2.75, 3.05) is 39.3 Å². The van der Waals surface area contributed by atoms with E-state index >= 15 is 0 Å². The van der Waals surface area contributed by atoms with Crippen molar-refractivity contribution in [3.05, 3.63) is 35.6 Å². The Morgan fingerprint density at radius 2 is 1.69 bits per heavy atom. The molecule has 0 N–H and O–H groups in total. The van der Waals surface area contributed by atoms with E-state index in [9.17, 15) is 14.0 Å². The van der Waals surface area contributed by atoms with Gasteiger partial charge in [-0.05, 0) is 49.8 Å². The van der Waals surface area contributed by atoms with Crippen LogP contribution in [0.4, 0.5) is 4.39 Å². The van der Waals surface area contributed by atoms with Gasteiger partial charge in [0, 0.05) is 56.5 Å². The first kappa shape index (κ1) is 19.0. The predicted octanol–water partition coefficient (Wildman–Crippen LogP) is 2.47. The standard InChI is InChI=1S/C23H30FN3O2/c24-18-7-5-16(6-8-18)19-14-27(23(29)17-3-4-17)21-9-12-25(13-20(19)21)15-22(28)26-10-1-2-11-26/h5-8,17,19-21H,1-4,9-15H2/t19-,20-,21-/m1/s1. The molecule has 0 bridgehead atoms. The molecule has 3 aliphatic heterocycles. The van der Waals surface area contributed by atoms with E-state index in [1.807, 2.05) is 17.0 Å². The van der Waals surface area contributed by atoms with Gasteiger partial charge in [-0.1, -0.05) is 12.1 Å². The molecule has 1 saturated carbocycles. The van der Waals surface area contributed by atoms with Crippen LogP contribution in [0.5, 0.6) is 0 Å². The summed E-state index contributed by atoms with van der Waals surface area (Å²) in [5.41, 5.74) is 1.11. The number of amides is 2. The molecule has 0 unspecified atom stereocenters. The molecule has 1 aliphatic carbocycles. The number of hydrogen-bond donors (Lipinski definition) is 0. The Bertz CT molecular complexity index is 773. The van der Waals surface area contributed by atoms with Gasteiger partial charge in [0.15, 0.2) is 0 Å². The Kier molecular flexibility index (Phi) is 5.06. The van der Waals surface area contributed by atoms with Gasteiger partial charge >= 0.3 is 0 Å². The lowest BCUT2D eigenvalue weighted by molar-refractivity contribution is -0.136. The SMILES string of the molecule is O=C(CN1CC[C@@H]2[C@H](C1)[C@@H](c1ccc(F)cc1)CN2C(=O)C1CC1)N1CCCC1. The molecule has 3 heterocycles. The average Bonchev–Trinajstić information content (AvgIpc) is 3.29. The van der Waals surface area contributed by atoms with Crippen LogP contribution in [0.3, 0.4) is 0 Å². The summed E-state index contributed by atoms with van der Waals surface area (Å²) in [6.45, 7) is 4.69. The number of piperidine rings is 1. The van der Waals surface area contributed by atoms with E-state index in [4.69, 9.17) is 0 Å². The third-order valence-electron chi connectivity index (χ3n) is 7.34. The van der Waals surface area contributed by atoms with E-state index in [0.29, 0.717) is 18.4 Å². The summed E-state index contributed by atoms with van der Waals surface area (Å²) in [4.78, 5) is 32.0. The first-order chi connectivity index (χ1) is 14.1. The van der Waals surface area contributed by atoms with Crippen molar-refractivity contribution in [1.29, 1.82) is 0 Å². The highest BCUT2D eigenvalue weighted by atomic mass is 19.1. The maximum Gasteiger partial charge on any atom is 0.236 e. The van der Waals surface area contributed by atoms with Crippen LogP contribution < -0.4 is 0 Å². The zero-order valence-electron chi connectivity index (χ0n) is 16.9. The molecule has 1 aromatic carbocycles. The van der Waals surface area contributed by atoms with E-state index in [1.54, 1.807) is 0 Å². The topological polar surface area (TPSA) is 43.9 Å². The Morgan fingerprint density at radius 1 is 0.966 bits per heavy atom. The summed E-state index contributed by atoms with van der Waals surface area (Å²) < 4.78 is 13.5. The van der Waals surface area contributed by atoms with Gasteiger partial charge in [-0.3, -0.25) is 14.5 Å². The van der Waals surface area contributed by atoms with E-state index < -0.39 is 0 Å². The fraction of sp³-hybridized carbons (Fsp3) is 0.652. The molecular formula is C23H30FN3O2. The lowest BCUT2D eigenvalue weighted by Gasteiger charge is -2.39. The first-order valence-corrected chi connectivity index (χ1v) is 11.2. The largest absolute Gasteiger partial charge is 0.342 e. The maximum atomic E-state index is 13.5. The zero-order valence-corrected chi connectivity index (χ0v) is 16.9. The number of halogens is 1. The highest BCUT2D eigenvalue weighted by Gasteiger charge is 2.49. The fourth-order valence-corrected chi connectivity index (χ4v) is 5.59. The van der Waals surface area contributed by atoms with Crippen molar-refractivity contribution >= 4 is 11.8 Å². The fourth-order valence-electron chi connectivity index (χ4n) is 5.59. The Morgan fingerprint density at radius 3 is 2.38 bits per heavy atom. The summed E-state index contributed by atoms with van der Waals surface area (Å²) >= 11 is 0. The van der Waals surface area contributed by atoms with Crippen molar-refractivity contribution in [3.8, 4) is 0 Å². The van der Waals surface area contributed by atoms with Crippen molar-refractivity contribution in [1.82, 2.24) is 14.7 Å². The molecule has 5 rings (SSSR count). The zero-order chi connectivity index (χ0) is 20.0. The van der Waals surface area contributed by atoms with E-state index in [-0.39, 0.29) is 29.6 Å². The van der Waals surface area contributed by atoms with Gasteiger partial charge in [-0.15, -0.1) is 0 Å². The molecule has 3 atom stereocenters. The van der Waals surface area contributed by atoms with E-state index in [2.05, 4.69) is 9.80 Å². The Hall–Kier alpha value is -1.95. The van der Waals surface area contributed by atoms with Crippen molar-refractivity contribution in [3.63, 3.8) is 0 Å². The predicted molar refractivity (Wildman–Crippen MR) is 108 cm³/mol. The molecule has 29 heavy (non-hydrogen) atoms. The van der Waals surface area contributed by atoms with Crippen LogP contribution in [-0.2, 0) is 9.59 Å². The summed E-state index contributed by atoms with van der Waals surface area (Å²) in [5.74, 6) is 1.07. The van der Waals surface area contributed by atoms with Crippen LogP contribution in [-0.4, -0.2) is 71.8 Å². The monoisotopic (exact) mass is 399 g/mol. The Labute approximate surface area is 171 Å². The quantitative estimate of drug-likeness (QED) is 0.781. The molecule has 0 radical (unpaired) electrons. The molecule has 156 valence electrons. The lowest BCUT2D eigenvalue weighted by atomic mass is 9.82. The van der Waals surface area contributed by atoms with Crippen LogP contribution >= 0.6 is 0 Å². The number of nitrogens with zero attached hydrogens (tertiary/aromatic N) is 3. The number of rotatable bonds is 4. The highest BCUT2D eigenvalue weighted by molar-refractivity contribution is 5.82. The van der Waals surface area contributed by atoms with Gasteiger partial charge in [0.25, 0.3) is 0 Å². The highest BCUT2D eigenvalue weighted by Crippen LogP contribution is 2.44. The van der Waals surface area contributed by atoms with Crippen LogP contribution in [0.2, 0.25) is 0 Å². The van der Waals surface area contributed by atoms with Gasteiger partial charge in [-0.25, -0.2) is 4.39 Å². The number of likely N-dealkylation sites (tertiary alicyclic amines) is 3. The van der Waals surface area contributed by atoms with Gasteiger partial charge in [0.2, 0.25) is 11.8 Å². The smallest absolute Gasteiger partial charge is 0.236 e. The van der Waals surface area contributed by atoms with Crippen molar-refractivity contribution < 1.29 is 14.0 Å². The molecule has 4 aliphatic rings.